The van der Waals surface area contributed by atoms with E-state index in [0.29, 0.717) is 48.9 Å². The highest BCUT2D eigenvalue weighted by atomic mass is 16.5. The predicted octanol–water partition coefficient (Wildman–Crippen LogP) is 4.10. The second-order valence-electron chi connectivity index (χ2n) is 7.61. The van der Waals surface area contributed by atoms with E-state index < -0.39 is 0 Å². The Bertz CT molecular complexity index is 1010. The van der Waals surface area contributed by atoms with Gasteiger partial charge >= 0.3 is 0 Å². The molecule has 4 rings (SSSR count). The number of carbonyl (C=O) groups excluding carboxylic acids is 2. The van der Waals surface area contributed by atoms with Crippen molar-refractivity contribution in [2.45, 2.75) is 26.1 Å². The number of para-hydroxylation sites is 2. The Labute approximate surface area is 187 Å². The molecule has 2 bridgehead atoms. The van der Waals surface area contributed by atoms with Gasteiger partial charge in [0, 0.05) is 13.1 Å². The molecule has 32 heavy (non-hydrogen) atoms. The molecule has 2 N–H and O–H groups in total. The van der Waals surface area contributed by atoms with Gasteiger partial charge in [-0.2, -0.15) is 0 Å². The Hall–Kier alpha value is -3.80. The maximum absolute atomic E-state index is 12.6. The summed E-state index contributed by atoms with van der Waals surface area (Å²) in [6, 6.07) is 22.4. The largest absolute Gasteiger partial charge is 0.488 e. The minimum absolute atomic E-state index is 0.168. The first-order valence-corrected chi connectivity index (χ1v) is 10.8. The summed E-state index contributed by atoms with van der Waals surface area (Å²) in [4.78, 5) is 25.3. The van der Waals surface area contributed by atoms with Crippen LogP contribution >= 0.6 is 0 Å². The maximum Gasteiger partial charge on any atom is 0.255 e. The molecule has 1 heterocycles. The molecule has 164 valence electrons. The number of hydrogen-bond acceptors (Lipinski definition) is 4. The number of ether oxygens (including phenoxy) is 2. The maximum atomic E-state index is 12.6. The molecule has 0 aliphatic carbocycles. The molecule has 0 unspecified atom stereocenters. The Morgan fingerprint density at radius 2 is 1.06 bits per heavy atom. The molecule has 2 amide bonds. The summed E-state index contributed by atoms with van der Waals surface area (Å²) in [6.45, 7) is 1.70. The highest BCUT2D eigenvalue weighted by Crippen LogP contribution is 2.22. The monoisotopic (exact) mass is 430 g/mol. The van der Waals surface area contributed by atoms with Gasteiger partial charge in [-0.1, -0.05) is 42.5 Å². The molecular formula is C26H26N2O4. The van der Waals surface area contributed by atoms with Crippen LogP contribution in [0.1, 0.15) is 44.7 Å². The van der Waals surface area contributed by atoms with Crippen LogP contribution in [0.2, 0.25) is 0 Å². The Kier molecular flexibility index (Phi) is 7.02. The normalized spacial score (nSPS) is 15.2. The van der Waals surface area contributed by atoms with E-state index >= 15 is 0 Å². The van der Waals surface area contributed by atoms with E-state index in [1.807, 2.05) is 48.5 Å². The average Bonchev–Trinajstić information content (AvgIpc) is 2.83. The van der Waals surface area contributed by atoms with Crippen molar-refractivity contribution in [3.63, 3.8) is 0 Å². The molecule has 0 spiro atoms. The van der Waals surface area contributed by atoms with Gasteiger partial charge in [0.1, 0.15) is 24.7 Å². The zero-order valence-corrected chi connectivity index (χ0v) is 17.8. The summed E-state index contributed by atoms with van der Waals surface area (Å²) in [6.07, 6.45) is 1.50. The number of benzene rings is 3. The highest BCUT2D eigenvalue weighted by Gasteiger charge is 2.14. The van der Waals surface area contributed by atoms with Crippen molar-refractivity contribution in [1.82, 2.24) is 10.6 Å². The summed E-state index contributed by atoms with van der Waals surface area (Å²) in [5.41, 5.74) is 2.94. The summed E-state index contributed by atoms with van der Waals surface area (Å²) in [5, 5.41) is 5.87. The van der Waals surface area contributed by atoms with E-state index in [1.165, 1.54) is 0 Å². The zero-order chi connectivity index (χ0) is 22.2. The second kappa shape index (κ2) is 10.5. The summed E-state index contributed by atoms with van der Waals surface area (Å²) in [7, 11) is 0. The van der Waals surface area contributed by atoms with Gasteiger partial charge in [-0.05, 0) is 54.3 Å². The van der Waals surface area contributed by atoms with Gasteiger partial charge in [0.05, 0.1) is 11.1 Å². The number of amides is 2. The van der Waals surface area contributed by atoms with Crippen molar-refractivity contribution in [2.24, 2.45) is 0 Å². The van der Waals surface area contributed by atoms with Crippen molar-refractivity contribution >= 4 is 11.8 Å². The number of hydrogen-bond donors (Lipinski definition) is 2. The first kappa shape index (κ1) is 21.4. The molecule has 1 aliphatic rings. The van der Waals surface area contributed by atoms with Crippen LogP contribution in [0, 0.1) is 0 Å². The lowest BCUT2D eigenvalue weighted by atomic mass is 10.1. The third kappa shape index (κ3) is 5.46. The van der Waals surface area contributed by atoms with Gasteiger partial charge in [-0.25, -0.2) is 0 Å². The lowest BCUT2D eigenvalue weighted by Crippen LogP contribution is -2.27. The summed E-state index contributed by atoms with van der Waals surface area (Å²) < 4.78 is 12.0. The molecule has 0 radical (unpaired) electrons. The van der Waals surface area contributed by atoms with Crippen LogP contribution in [0.5, 0.6) is 11.5 Å². The minimum Gasteiger partial charge on any atom is -0.488 e. The van der Waals surface area contributed by atoms with Crippen molar-refractivity contribution in [3.05, 3.63) is 95.1 Å². The number of rotatable bonds is 0. The van der Waals surface area contributed by atoms with Gasteiger partial charge in [0.2, 0.25) is 0 Å². The summed E-state index contributed by atoms with van der Waals surface area (Å²) in [5.74, 6) is 0.758. The van der Waals surface area contributed by atoms with Gasteiger partial charge in [-0.3, -0.25) is 9.59 Å². The third-order valence-electron chi connectivity index (χ3n) is 5.22. The van der Waals surface area contributed by atoms with Crippen molar-refractivity contribution in [2.75, 3.05) is 13.1 Å². The fourth-order valence-electron chi connectivity index (χ4n) is 3.54. The Morgan fingerprint density at radius 1 is 0.594 bits per heavy atom. The number of fused-ring (bicyclic) bond motifs is 4. The lowest BCUT2D eigenvalue weighted by molar-refractivity contribution is 0.0935. The van der Waals surface area contributed by atoms with Crippen LogP contribution < -0.4 is 20.1 Å². The molecule has 6 nitrogen and oxygen atoms in total. The van der Waals surface area contributed by atoms with Gasteiger partial charge < -0.3 is 20.1 Å². The van der Waals surface area contributed by atoms with Crippen LogP contribution in [-0.4, -0.2) is 24.9 Å². The molecule has 1 aliphatic heterocycles. The van der Waals surface area contributed by atoms with E-state index in [2.05, 4.69) is 10.6 Å². The fourth-order valence-corrected chi connectivity index (χ4v) is 3.54. The van der Waals surface area contributed by atoms with Crippen LogP contribution in [-0.2, 0) is 13.2 Å². The van der Waals surface area contributed by atoms with Gasteiger partial charge in [0.25, 0.3) is 11.8 Å². The standard InChI is InChI=1S/C26H26N2O4/c29-25-21-10-1-3-12-23(21)31-17-19-8-7-9-20(16-19)18-32-24-13-4-2-11-22(24)26(30)28-15-6-5-14-27-25/h1-4,7-13,16H,5-6,14-15,17-18H2,(H,27,29)(H,28,30). The Balaban J connectivity index is 1.57. The first-order chi connectivity index (χ1) is 15.7. The molecule has 3 aromatic rings. The lowest BCUT2D eigenvalue weighted by Gasteiger charge is -2.13. The molecule has 0 aromatic heterocycles. The second-order valence-corrected chi connectivity index (χ2v) is 7.61. The molecule has 3 aromatic carbocycles. The van der Waals surface area contributed by atoms with Crippen LogP contribution in [0.15, 0.2) is 72.8 Å². The quantitative estimate of drug-likeness (QED) is 0.563. The molecule has 0 atom stereocenters. The topological polar surface area (TPSA) is 76.7 Å². The predicted molar refractivity (Wildman–Crippen MR) is 122 cm³/mol. The SMILES string of the molecule is O=C1NCCCCNC(=O)c2ccccc2OCc2cccc(c2)COc2ccccc21. The van der Waals surface area contributed by atoms with Crippen LogP contribution in [0.4, 0.5) is 0 Å². The third-order valence-corrected chi connectivity index (χ3v) is 5.22. The van der Waals surface area contributed by atoms with Gasteiger partial charge in [0.15, 0.2) is 0 Å². The van der Waals surface area contributed by atoms with E-state index in [4.69, 9.17) is 9.47 Å². The minimum atomic E-state index is -0.168. The highest BCUT2D eigenvalue weighted by molar-refractivity contribution is 5.97. The Morgan fingerprint density at radius 3 is 1.56 bits per heavy atom. The summed E-state index contributed by atoms with van der Waals surface area (Å²) >= 11 is 0. The smallest absolute Gasteiger partial charge is 0.255 e. The first-order valence-electron chi connectivity index (χ1n) is 10.8. The number of nitrogens with one attached hydrogen (secondary N) is 2. The van der Waals surface area contributed by atoms with Crippen molar-refractivity contribution in [3.8, 4) is 11.5 Å². The van der Waals surface area contributed by atoms with Crippen molar-refractivity contribution < 1.29 is 19.1 Å². The van der Waals surface area contributed by atoms with Crippen LogP contribution in [0.25, 0.3) is 0 Å². The fraction of sp³-hybridized carbons (Fsp3) is 0.231. The molecule has 6 heteroatoms. The molecule has 0 saturated carbocycles. The van der Waals surface area contributed by atoms with Crippen LogP contribution in [0.3, 0.4) is 0 Å². The molecular weight excluding hydrogens is 404 g/mol. The molecule has 0 fully saturated rings. The molecule has 0 saturated heterocycles. The van der Waals surface area contributed by atoms with E-state index in [1.54, 1.807) is 24.3 Å². The van der Waals surface area contributed by atoms with E-state index in [-0.39, 0.29) is 11.8 Å². The van der Waals surface area contributed by atoms with Gasteiger partial charge in [-0.15, -0.1) is 0 Å². The van der Waals surface area contributed by atoms with E-state index in [9.17, 15) is 9.59 Å². The van der Waals surface area contributed by atoms with Crippen molar-refractivity contribution in [1.29, 1.82) is 0 Å². The van der Waals surface area contributed by atoms with E-state index in [0.717, 1.165) is 24.0 Å². The number of carbonyl (C=O) groups is 2. The average molecular weight is 431 g/mol. The zero-order valence-electron chi connectivity index (χ0n) is 17.8.